The van der Waals surface area contributed by atoms with E-state index in [1.165, 1.54) is 16.7 Å². The van der Waals surface area contributed by atoms with Crippen molar-refractivity contribution in [3.05, 3.63) is 104 Å². The lowest BCUT2D eigenvalue weighted by Crippen LogP contribution is -2.30. The molecule has 1 aliphatic heterocycles. The number of amides is 2. The predicted molar refractivity (Wildman–Crippen MR) is 143 cm³/mol. The number of carbonyl (C=O) groups excluding carboxylic acids is 2. The molecule has 1 fully saturated rings. The SMILES string of the molecule is Cc1ccc(N2C(=O)C(Cc3ccc(Cl)c(Cl)c3)SC2=C(C#N)C(=O)Nc2ccc(Cl)cc2)cc1. The Labute approximate surface area is 222 Å². The van der Waals surface area contributed by atoms with Crippen LogP contribution in [0.4, 0.5) is 11.4 Å². The molecule has 0 bridgehead atoms. The summed E-state index contributed by atoms with van der Waals surface area (Å²) < 4.78 is 0. The van der Waals surface area contributed by atoms with Crippen LogP contribution in [-0.2, 0) is 16.0 Å². The molecule has 3 aromatic rings. The molecule has 0 aliphatic carbocycles. The zero-order valence-corrected chi connectivity index (χ0v) is 21.5. The van der Waals surface area contributed by atoms with Gasteiger partial charge in [-0.05, 0) is 67.4 Å². The summed E-state index contributed by atoms with van der Waals surface area (Å²) in [4.78, 5) is 28.1. The van der Waals surface area contributed by atoms with Crippen molar-refractivity contribution in [2.24, 2.45) is 0 Å². The number of thioether (sulfide) groups is 1. The smallest absolute Gasteiger partial charge is 0.269 e. The van der Waals surface area contributed by atoms with Gasteiger partial charge in [0.1, 0.15) is 16.7 Å². The molecule has 3 aromatic carbocycles. The van der Waals surface area contributed by atoms with E-state index >= 15 is 0 Å². The summed E-state index contributed by atoms with van der Waals surface area (Å²) in [7, 11) is 0. The number of anilines is 2. The minimum Gasteiger partial charge on any atom is -0.321 e. The molecule has 4 rings (SSSR count). The lowest BCUT2D eigenvalue weighted by atomic mass is 10.1. The molecule has 0 radical (unpaired) electrons. The first-order valence-electron chi connectivity index (χ1n) is 10.5. The Morgan fingerprint density at radius 3 is 2.34 bits per heavy atom. The molecule has 0 aromatic heterocycles. The van der Waals surface area contributed by atoms with Gasteiger partial charge in [0, 0.05) is 16.4 Å². The van der Waals surface area contributed by atoms with E-state index in [9.17, 15) is 14.9 Å². The molecule has 0 saturated carbocycles. The van der Waals surface area contributed by atoms with Gasteiger partial charge in [0.25, 0.3) is 5.91 Å². The number of nitriles is 1. The second-order valence-electron chi connectivity index (χ2n) is 7.82. The molecule has 5 nitrogen and oxygen atoms in total. The Morgan fingerprint density at radius 1 is 1.03 bits per heavy atom. The maximum absolute atomic E-state index is 13.6. The van der Waals surface area contributed by atoms with Gasteiger partial charge in [0.05, 0.1) is 15.3 Å². The number of nitrogens with one attached hydrogen (secondary N) is 1. The molecular weight excluding hydrogens is 525 g/mol. The molecule has 1 heterocycles. The minimum absolute atomic E-state index is 0.157. The molecule has 2 amide bonds. The van der Waals surface area contributed by atoms with Crippen LogP contribution in [0.1, 0.15) is 11.1 Å². The van der Waals surface area contributed by atoms with Gasteiger partial charge >= 0.3 is 0 Å². The highest BCUT2D eigenvalue weighted by Crippen LogP contribution is 2.42. The van der Waals surface area contributed by atoms with Crippen LogP contribution in [0.25, 0.3) is 0 Å². The molecule has 1 aliphatic rings. The van der Waals surface area contributed by atoms with Gasteiger partial charge in [0.15, 0.2) is 0 Å². The quantitative estimate of drug-likeness (QED) is 0.278. The van der Waals surface area contributed by atoms with Crippen LogP contribution >= 0.6 is 46.6 Å². The van der Waals surface area contributed by atoms with Crippen molar-refractivity contribution in [3.8, 4) is 6.07 Å². The van der Waals surface area contributed by atoms with Gasteiger partial charge in [-0.2, -0.15) is 5.26 Å². The highest BCUT2D eigenvalue weighted by atomic mass is 35.5. The summed E-state index contributed by atoms with van der Waals surface area (Å²) >= 11 is 19.3. The summed E-state index contributed by atoms with van der Waals surface area (Å²) in [6, 6.07) is 21.1. The van der Waals surface area contributed by atoms with Crippen molar-refractivity contribution >= 4 is 69.8 Å². The average Bonchev–Trinajstić information content (AvgIpc) is 3.14. The van der Waals surface area contributed by atoms with E-state index in [-0.39, 0.29) is 16.5 Å². The van der Waals surface area contributed by atoms with Gasteiger partial charge in [0.2, 0.25) is 5.91 Å². The number of carbonyl (C=O) groups is 2. The van der Waals surface area contributed by atoms with Crippen LogP contribution in [0.3, 0.4) is 0 Å². The summed E-state index contributed by atoms with van der Waals surface area (Å²) in [6.45, 7) is 1.94. The molecule has 176 valence electrons. The van der Waals surface area contributed by atoms with Gasteiger partial charge in [-0.25, -0.2) is 0 Å². The normalized spacial score (nSPS) is 16.7. The first-order valence-corrected chi connectivity index (χ1v) is 12.5. The van der Waals surface area contributed by atoms with Crippen molar-refractivity contribution in [1.82, 2.24) is 0 Å². The standard InChI is InChI=1S/C26H18Cl3N3O2S/c1-15-2-9-19(10-3-15)32-25(34)23(13-16-4-11-21(28)22(29)12-16)35-26(32)20(14-30)24(33)31-18-7-5-17(27)6-8-18/h2-12,23H,13H2,1H3,(H,31,33). The molecule has 0 spiro atoms. The third-order valence-corrected chi connectivity index (χ3v) is 7.56. The average molecular weight is 543 g/mol. The maximum atomic E-state index is 13.6. The molecular formula is C26H18Cl3N3O2S. The van der Waals surface area contributed by atoms with E-state index in [1.54, 1.807) is 54.6 Å². The number of rotatable bonds is 5. The fraction of sp³-hybridized carbons (Fsp3) is 0.115. The Balaban J connectivity index is 1.72. The molecule has 1 unspecified atom stereocenters. The molecule has 9 heteroatoms. The predicted octanol–water partition coefficient (Wildman–Crippen LogP) is 7.02. The largest absolute Gasteiger partial charge is 0.321 e. The number of benzene rings is 3. The number of halogens is 3. The molecule has 1 atom stereocenters. The van der Waals surface area contributed by atoms with E-state index in [4.69, 9.17) is 34.8 Å². The number of nitrogens with zero attached hydrogens (tertiary/aromatic N) is 2. The number of hydrogen-bond donors (Lipinski definition) is 1. The Morgan fingerprint density at radius 2 is 1.71 bits per heavy atom. The van der Waals surface area contributed by atoms with Crippen LogP contribution < -0.4 is 10.2 Å². The van der Waals surface area contributed by atoms with Crippen LogP contribution in [0.15, 0.2) is 77.3 Å². The van der Waals surface area contributed by atoms with Gasteiger partial charge < -0.3 is 5.32 Å². The second-order valence-corrected chi connectivity index (χ2v) is 10.3. The lowest BCUT2D eigenvalue weighted by Gasteiger charge is -2.19. The first-order chi connectivity index (χ1) is 16.8. The third-order valence-electron chi connectivity index (χ3n) is 5.30. The molecule has 1 N–H and O–H groups in total. The fourth-order valence-corrected chi connectivity index (χ4v) is 5.28. The van der Waals surface area contributed by atoms with Gasteiger partial charge in [-0.3, -0.25) is 14.5 Å². The van der Waals surface area contributed by atoms with Gasteiger partial charge in [-0.1, -0.05) is 70.3 Å². The second kappa shape index (κ2) is 10.8. The van der Waals surface area contributed by atoms with Crippen molar-refractivity contribution in [2.75, 3.05) is 10.2 Å². The van der Waals surface area contributed by atoms with Crippen molar-refractivity contribution in [3.63, 3.8) is 0 Å². The van der Waals surface area contributed by atoms with E-state index in [2.05, 4.69) is 5.32 Å². The highest BCUT2D eigenvalue weighted by molar-refractivity contribution is 8.05. The zero-order valence-electron chi connectivity index (χ0n) is 18.4. The first kappa shape index (κ1) is 25.2. The van der Waals surface area contributed by atoms with E-state index in [0.29, 0.717) is 32.9 Å². The number of hydrogen-bond acceptors (Lipinski definition) is 4. The lowest BCUT2D eigenvalue weighted by molar-refractivity contribution is -0.117. The molecule has 1 saturated heterocycles. The van der Waals surface area contributed by atoms with Crippen LogP contribution in [0.5, 0.6) is 0 Å². The minimum atomic E-state index is -0.613. The summed E-state index contributed by atoms with van der Waals surface area (Å²) in [5.74, 6) is -0.843. The summed E-state index contributed by atoms with van der Waals surface area (Å²) in [6.07, 6.45) is 0.351. The monoisotopic (exact) mass is 541 g/mol. The van der Waals surface area contributed by atoms with Crippen LogP contribution in [0.2, 0.25) is 15.1 Å². The Bertz CT molecular complexity index is 1370. The zero-order chi connectivity index (χ0) is 25.1. The maximum Gasteiger partial charge on any atom is 0.269 e. The number of aryl methyl sites for hydroxylation is 1. The van der Waals surface area contributed by atoms with Crippen molar-refractivity contribution in [2.45, 2.75) is 18.6 Å². The van der Waals surface area contributed by atoms with E-state index in [1.807, 2.05) is 25.1 Å². The summed E-state index contributed by atoms with van der Waals surface area (Å²) in [5, 5.41) is 13.7. The summed E-state index contributed by atoms with van der Waals surface area (Å²) in [5.41, 5.74) is 2.74. The topological polar surface area (TPSA) is 73.2 Å². The van der Waals surface area contributed by atoms with Crippen molar-refractivity contribution < 1.29 is 9.59 Å². The van der Waals surface area contributed by atoms with Crippen molar-refractivity contribution in [1.29, 1.82) is 5.26 Å². The van der Waals surface area contributed by atoms with Gasteiger partial charge in [-0.15, -0.1) is 0 Å². The Hall–Kier alpha value is -2.95. The van der Waals surface area contributed by atoms with Crippen LogP contribution in [0, 0.1) is 18.3 Å². The fourth-order valence-electron chi connectivity index (χ4n) is 3.52. The molecule has 35 heavy (non-hydrogen) atoms. The van der Waals surface area contributed by atoms with Crippen LogP contribution in [-0.4, -0.2) is 17.1 Å². The third kappa shape index (κ3) is 5.66. The Kier molecular flexibility index (Phi) is 7.73. The highest BCUT2D eigenvalue weighted by Gasteiger charge is 2.40. The van der Waals surface area contributed by atoms with E-state index in [0.717, 1.165) is 11.1 Å². The van der Waals surface area contributed by atoms with E-state index < -0.39 is 11.2 Å².